The fourth-order valence-corrected chi connectivity index (χ4v) is 2.81. The second kappa shape index (κ2) is 8.71. The van der Waals surface area contributed by atoms with Crippen LogP contribution >= 0.6 is 11.6 Å². The fourth-order valence-electron chi connectivity index (χ4n) is 2.63. The van der Waals surface area contributed by atoms with Gasteiger partial charge >= 0.3 is 0 Å². The Labute approximate surface area is 168 Å². The lowest BCUT2D eigenvalue weighted by atomic mass is 10.2. The molecule has 1 aromatic heterocycles. The average Bonchev–Trinajstić information content (AvgIpc) is 3.04. The maximum Gasteiger partial charge on any atom is 0.244 e. The number of carbonyl (C=O) groups is 2. The summed E-state index contributed by atoms with van der Waals surface area (Å²) in [5.41, 5.74) is 1.91. The topological polar surface area (TPSA) is 75.4 Å². The van der Waals surface area contributed by atoms with Crippen molar-refractivity contribution in [1.29, 1.82) is 0 Å². The molecular weight excluding hydrogens is 378 g/mol. The van der Waals surface area contributed by atoms with Crippen molar-refractivity contribution in [2.45, 2.75) is 13.3 Å². The number of nitrogens with one attached hydrogen (secondary N) is 1. The zero-order valence-electron chi connectivity index (χ0n) is 15.6. The molecule has 1 N–H and O–H groups in total. The van der Waals surface area contributed by atoms with Crippen molar-refractivity contribution in [2.24, 2.45) is 0 Å². The molecule has 3 aromatic rings. The molecule has 7 heteroatoms. The molecule has 28 heavy (non-hydrogen) atoms. The smallest absolute Gasteiger partial charge is 0.244 e. The van der Waals surface area contributed by atoms with Crippen molar-refractivity contribution in [3.8, 4) is 11.5 Å². The van der Waals surface area contributed by atoms with Gasteiger partial charge in [-0.05, 0) is 31.2 Å². The van der Waals surface area contributed by atoms with Crippen molar-refractivity contribution in [1.82, 2.24) is 9.88 Å². The third-order valence-electron chi connectivity index (χ3n) is 4.19. The lowest BCUT2D eigenvalue weighted by Crippen LogP contribution is -2.36. The summed E-state index contributed by atoms with van der Waals surface area (Å²) in [5, 5.41) is 3.14. The number of benzene rings is 2. The first-order valence-corrected chi connectivity index (χ1v) is 9.12. The van der Waals surface area contributed by atoms with Gasteiger partial charge in [0, 0.05) is 12.6 Å². The minimum atomic E-state index is -0.328. The monoisotopic (exact) mass is 397 g/mol. The standard InChI is InChI=1S/C21H20ClN3O3/c1-14-18(24-21(28-14)15-8-4-3-5-9-15)12-20(27)25(2)13-19(26)23-17-11-7-6-10-16(17)22/h3-11H,12-13H2,1-2H3,(H,23,26). The molecule has 1 heterocycles. The molecule has 2 amide bonds. The Hall–Kier alpha value is -3.12. The summed E-state index contributed by atoms with van der Waals surface area (Å²) >= 11 is 6.03. The summed E-state index contributed by atoms with van der Waals surface area (Å²) in [6.07, 6.45) is 0.0536. The average molecular weight is 398 g/mol. The highest BCUT2D eigenvalue weighted by Gasteiger charge is 2.19. The van der Waals surface area contributed by atoms with E-state index in [1.807, 2.05) is 30.3 Å². The summed E-state index contributed by atoms with van der Waals surface area (Å²) in [5.74, 6) is 0.497. The lowest BCUT2D eigenvalue weighted by molar-refractivity contribution is -0.132. The van der Waals surface area contributed by atoms with Crippen molar-refractivity contribution in [2.75, 3.05) is 18.9 Å². The molecule has 3 rings (SSSR count). The number of hydrogen-bond donors (Lipinski definition) is 1. The van der Waals surface area contributed by atoms with Crippen LogP contribution in [0, 0.1) is 6.92 Å². The van der Waals surface area contributed by atoms with Gasteiger partial charge in [-0.15, -0.1) is 0 Å². The zero-order chi connectivity index (χ0) is 20.1. The number of aromatic nitrogens is 1. The van der Waals surface area contributed by atoms with E-state index in [1.165, 1.54) is 4.90 Å². The van der Waals surface area contributed by atoms with E-state index < -0.39 is 0 Å². The quantitative estimate of drug-likeness (QED) is 0.683. The predicted octanol–water partition coefficient (Wildman–Crippen LogP) is 3.94. The number of rotatable bonds is 6. The summed E-state index contributed by atoms with van der Waals surface area (Å²) in [6, 6.07) is 16.4. The minimum Gasteiger partial charge on any atom is -0.441 e. The van der Waals surface area contributed by atoms with E-state index in [-0.39, 0.29) is 24.8 Å². The second-order valence-corrected chi connectivity index (χ2v) is 6.75. The van der Waals surface area contributed by atoms with Gasteiger partial charge < -0.3 is 14.6 Å². The largest absolute Gasteiger partial charge is 0.441 e. The van der Waals surface area contributed by atoms with Gasteiger partial charge in [0.05, 0.1) is 29.4 Å². The number of amides is 2. The van der Waals surface area contributed by atoms with Crippen LogP contribution in [0.3, 0.4) is 0 Å². The van der Waals surface area contributed by atoms with Crippen LogP contribution < -0.4 is 5.32 Å². The van der Waals surface area contributed by atoms with E-state index in [4.69, 9.17) is 16.0 Å². The molecule has 0 radical (unpaired) electrons. The number of aryl methyl sites for hydroxylation is 1. The lowest BCUT2D eigenvalue weighted by Gasteiger charge is -2.16. The molecule has 0 aliphatic rings. The summed E-state index contributed by atoms with van der Waals surface area (Å²) in [6.45, 7) is 1.68. The second-order valence-electron chi connectivity index (χ2n) is 6.34. The molecule has 2 aromatic carbocycles. The van der Waals surface area contributed by atoms with Gasteiger partial charge in [0.2, 0.25) is 17.7 Å². The van der Waals surface area contributed by atoms with E-state index in [1.54, 1.807) is 38.2 Å². The van der Waals surface area contributed by atoms with Crippen molar-refractivity contribution in [3.63, 3.8) is 0 Å². The highest BCUT2D eigenvalue weighted by molar-refractivity contribution is 6.33. The van der Waals surface area contributed by atoms with Gasteiger partial charge in [-0.2, -0.15) is 0 Å². The Morgan fingerprint density at radius 2 is 1.79 bits per heavy atom. The van der Waals surface area contributed by atoms with Gasteiger partial charge in [0.15, 0.2) is 0 Å². The first kappa shape index (κ1) is 19.6. The summed E-state index contributed by atoms with van der Waals surface area (Å²) in [7, 11) is 1.57. The van der Waals surface area contributed by atoms with Crippen LogP contribution in [0.2, 0.25) is 5.02 Å². The van der Waals surface area contributed by atoms with Gasteiger partial charge in [-0.25, -0.2) is 4.98 Å². The molecule has 0 spiro atoms. The molecule has 6 nitrogen and oxygen atoms in total. The third-order valence-corrected chi connectivity index (χ3v) is 4.52. The number of halogens is 1. The third kappa shape index (κ3) is 4.78. The van der Waals surface area contributed by atoms with Crippen molar-refractivity contribution >= 4 is 29.1 Å². The summed E-state index contributed by atoms with van der Waals surface area (Å²) in [4.78, 5) is 30.5. The number of anilines is 1. The highest BCUT2D eigenvalue weighted by Crippen LogP contribution is 2.22. The molecule has 144 valence electrons. The van der Waals surface area contributed by atoms with Crippen molar-refractivity contribution in [3.05, 3.63) is 71.1 Å². The van der Waals surface area contributed by atoms with E-state index in [2.05, 4.69) is 10.3 Å². The first-order valence-electron chi connectivity index (χ1n) is 8.74. The van der Waals surface area contributed by atoms with Gasteiger partial charge in [0.1, 0.15) is 5.76 Å². The maximum absolute atomic E-state index is 12.5. The normalized spacial score (nSPS) is 10.5. The fraction of sp³-hybridized carbons (Fsp3) is 0.190. The first-order chi connectivity index (χ1) is 13.4. The Morgan fingerprint density at radius 3 is 2.50 bits per heavy atom. The van der Waals surface area contributed by atoms with E-state index in [9.17, 15) is 9.59 Å². The predicted molar refractivity (Wildman–Crippen MR) is 108 cm³/mol. The molecule has 0 fully saturated rings. The zero-order valence-corrected chi connectivity index (χ0v) is 16.4. The number of likely N-dealkylation sites (N-methyl/N-ethyl adjacent to an activating group) is 1. The SMILES string of the molecule is Cc1oc(-c2ccccc2)nc1CC(=O)N(C)CC(=O)Nc1ccccc1Cl. The van der Waals surface area contributed by atoms with Crippen LogP contribution in [0.25, 0.3) is 11.5 Å². The molecule has 0 aliphatic carbocycles. The van der Waals surface area contributed by atoms with E-state index >= 15 is 0 Å². The van der Waals surface area contributed by atoms with E-state index in [0.29, 0.717) is 28.1 Å². The van der Waals surface area contributed by atoms with Crippen LogP contribution in [0.4, 0.5) is 5.69 Å². The highest BCUT2D eigenvalue weighted by atomic mass is 35.5. The van der Waals surface area contributed by atoms with Gasteiger partial charge in [-0.1, -0.05) is 41.9 Å². The molecule has 0 bridgehead atoms. The molecule has 0 saturated carbocycles. The van der Waals surface area contributed by atoms with Crippen LogP contribution in [0.1, 0.15) is 11.5 Å². The maximum atomic E-state index is 12.5. The number of para-hydroxylation sites is 1. The van der Waals surface area contributed by atoms with Crippen LogP contribution in [-0.2, 0) is 16.0 Å². The molecule has 0 atom stereocenters. The van der Waals surface area contributed by atoms with Crippen LogP contribution in [-0.4, -0.2) is 35.3 Å². The van der Waals surface area contributed by atoms with Crippen LogP contribution in [0.15, 0.2) is 59.0 Å². The number of nitrogens with zero attached hydrogens (tertiary/aromatic N) is 2. The Kier molecular flexibility index (Phi) is 6.11. The molecule has 0 saturated heterocycles. The van der Waals surface area contributed by atoms with Crippen molar-refractivity contribution < 1.29 is 14.0 Å². The molecular formula is C21H20ClN3O3. The Bertz CT molecular complexity index is 986. The van der Waals surface area contributed by atoms with E-state index in [0.717, 1.165) is 5.56 Å². The van der Waals surface area contributed by atoms with Crippen LogP contribution in [0.5, 0.6) is 0 Å². The Morgan fingerprint density at radius 1 is 1.11 bits per heavy atom. The minimum absolute atomic E-state index is 0.0536. The molecule has 0 unspecified atom stereocenters. The number of oxazole rings is 1. The van der Waals surface area contributed by atoms with Gasteiger partial charge in [-0.3, -0.25) is 9.59 Å². The Balaban J connectivity index is 1.61. The summed E-state index contributed by atoms with van der Waals surface area (Å²) < 4.78 is 5.68. The number of carbonyl (C=O) groups excluding carboxylic acids is 2. The van der Waals surface area contributed by atoms with Gasteiger partial charge in [0.25, 0.3) is 0 Å². The number of hydrogen-bond acceptors (Lipinski definition) is 4. The molecule has 0 aliphatic heterocycles.